The van der Waals surface area contributed by atoms with E-state index < -0.39 is 0 Å². The van der Waals surface area contributed by atoms with Crippen LogP contribution in [0.4, 0.5) is 4.39 Å². The lowest BCUT2D eigenvalue weighted by Crippen LogP contribution is -1.84. The molecule has 0 unspecified atom stereocenters. The van der Waals surface area contributed by atoms with Gasteiger partial charge in [0.05, 0.1) is 16.6 Å². The van der Waals surface area contributed by atoms with E-state index in [4.69, 9.17) is 11.6 Å². The van der Waals surface area contributed by atoms with E-state index in [0.29, 0.717) is 27.5 Å². The summed E-state index contributed by atoms with van der Waals surface area (Å²) in [7, 11) is 0. The van der Waals surface area contributed by atoms with Crippen LogP contribution in [0.15, 0.2) is 42.5 Å². The predicted molar refractivity (Wildman–Crippen MR) is 81.0 cm³/mol. The first-order valence-electron chi connectivity index (χ1n) is 6.19. The number of fused-ring (bicyclic) bond motifs is 1. The van der Waals surface area contributed by atoms with Gasteiger partial charge in [-0.05, 0) is 42.0 Å². The number of halogens is 2. The summed E-state index contributed by atoms with van der Waals surface area (Å²) in [5.74, 6) is 0.0492. The third kappa shape index (κ3) is 2.78. The van der Waals surface area contributed by atoms with Gasteiger partial charge >= 0.3 is 0 Å². The fourth-order valence-electron chi connectivity index (χ4n) is 2.03. The summed E-state index contributed by atoms with van der Waals surface area (Å²) < 4.78 is 13.2. The molecule has 0 spiro atoms. The van der Waals surface area contributed by atoms with Crippen molar-refractivity contribution < 1.29 is 4.39 Å². The minimum atomic E-state index is -0.352. The molecule has 0 saturated carbocycles. The molecule has 0 radical (unpaired) electrons. The average molecular weight is 298 g/mol. The van der Waals surface area contributed by atoms with Gasteiger partial charge < -0.3 is 4.98 Å². The minimum absolute atomic E-state index is 0.352. The standard InChI is InChI=1S/C16H9ClFN3/c17-12-3-1-2-10(7-12)6-11(9-19)16-20-14-5-4-13(18)8-15(14)21-16/h1-8H,(H,20,21)/b11-6-. The highest BCUT2D eigenvalue weighted by Crippen LogP contribution is 2.21. The summed E-state index contributed by atoms with van der Waals surface area (Å²) in [5.41, 5.74) is 2.32. The van der Waals surface area contributed by atoms with E-state index in [2.05, 4.69) is 16.0 Å². The van der Waals surface area contributed by atoms with Crippen molar-refractivity contribution in [3.05, 3.63) is 64.7 Å². The number of hydrogen-bond acceptors (Lipinski definition) is 2. The number of nitrogens with zero attached hydrogens (tertiary/aromatic N) is 2. The van der Waals surface area contributed by atoms with Crippen LogP contribution in [0, 0.1) is 17.1 Å². The van der Waals surface area contributed by atoms with Crippen molar-refractivity contribution >= 4 is 34.3 Å². The first-order valence-corrected chi connectivity index (χ1v) is 6.56. The van der Waals surface area contributed by atoms with Crippen LogP contribution in [0.25, 0.3) is 22.7 Å². The third-order valence-corrected chi connectivity index (χ3v) is 3.21. The normalized spacial score (nSPS) is 11.6. The smallest absolute Gasteiger partial charge is 0.149 e. The molecule has 1 N–H and O–H groups in total. The molecule has 2 aromatic carbocycles. The van der Waals surface area contributed by atoms with E-state index in [1.165, 1.54) is 12.1 Å². The van der Waals surface area contributed by atoms with Gasteiger partial charge in [0, 0.05) is 5.02 Å². The van der Waals surface area contributed by atoms with Crippen molar-refractivity contribution in [2.24, 2.45) is 0 Å². The molecule has 3 aromatic rings. The summed E-state index contributed by atoms with van der Waals surface area (Å²) in [5, 5.41) is 9.89. The average Bonchev–Trinajstić information content (AvgIpc) is 2.87. The number of aromatic nitrogens is 2. The fourth-order valence-corrected chi connectivity index (χ4v) is 2.22. The minimum Gasteiger partial charge on any atom is -0.337 e. The van der Waals surface area contributed by atoms with Gasteiger partial charge in [-0.1, -0.05) is 23.7 Å². The third-order valence-electron chi connectivity index (χ3n) is 2.98. The molecular weight excluding hydrogens is 289 g/mol. The molecule has 0 aliphatic carbocycles. The Labute approximate surface area is 125 Å². The van der Waals surface area contributed by atoms with Gasteiger partial charge in [0.1, 0.15) is 17.7 Å². The number of allylic oxidation sites excluding steroid dienone is 1. The predicted octanol–water partition coefficient (Wildman–Crippen LogP) is 4.42. The van der Waals surface area contributed by atoms with E-state index in [1.54, 1.807) is 30.3 Å². The lowest BCUT2D eigenvalue weighted by atomic mass is 10.1. The molecule has 3 nitrogen and oxygen atoms in total. The van der Waals surface area contributed by atoms with E-state index in [1.807, 2.05) is 6.07 Å². The van der Waals surface area contributed by atoms with Crippen molar-refractivity contribution in [3.63, 3.8) is 0 Å². The number of imidazole rings is 1. The maximum atomic E-state index is 13.2. The number of nitrogens with one attached hydrogen (secondary N) is 1. The van der Waals surface area contributed by atoms with Gasteiger partial charge in [-0.3, -0.25) is 0 Å². The molecular formula is C16H9ClFN3. The molecule has 0 amide bonds. The zero-order valence-electron chi connectivity index (χ0n) is 10.8. The Morgan fingerprint density at radius 3 is 2.90 bits per heavy atom. The summed E-state index contributed by atoms with van der Waals surface area (Å²) in [6.45, 7) is 0. The summed E-state index contributed by atoms with van der Waals surface area (Å²) in [6, 6.07) is 13.5. The molecule has 21 heavy (non-hydrogen) atoms. The molecule has 0 aliphatic rings. The molecule has 5 heteroatoms. The molecule has 0 bridgehead atoms. The van der Waals surface area contributed by atoms with Crippen LogP contribution in [0.5, 0.6) is 0 Å². The van der Waals surface area contributed by atoms with Crippen LogP contribution < -0.4 is 0 Å². The van der Waals surface area contributed by atoms with Gasteiger partial charge in [-0.25, -0.2) is 9.37 Å². The fraction of sp³-hybridized carbons (Fsp3) is 0. The van der Waals surface area contributed by atoms with E-state index >= 15 is 0 Å². The van der Waals surface area contributed by atoms with Gasteiger partial charge in [-0.2, -0.15) is 5.26 Å². The maximum Gasteiger partial charge on any atom is 0.149 e. The van der Waals surface area contributed by atoms with Crippen molar-refractivity contribution in [3.8, 4) is 6.07 Å². The molecule has 1 aromatic heterocycles. The van der Waals surface area contributed by atoms with Gasteiger partial charge in [0.2, 0.25) is 0 Å². The second-order valence-corrected chi connectivity index (χ2v) is 4.91. The van der Waals surface area contributed by atoms with E-state index in [9.17, 15) is 9.65 Å². The second-order valence-electron chi connectivity index (χ2n) is 4.47. The van der Waals surface area contributed by atoms with Gasteiger partial charge in [0.15, 0.2) is 0 Å². The lowest BCUT2D eigenvalue weighted by molar-refractivity contribution is 0.629. The van der Waals surface area contributed by atoms with Crippen LogP contribution in [0.1, 0.15) is 11.4 Å². The molecule has 0 atom stereocenters. The monoisotopic (exact) mass is 297 g/mol. The zero-order valence-corrected chi connectivity index (χ0v) is 11.5. The first-order chi connectivity index (χ1) is 10.2. The van der Waals surface area contributed by atoms with Crippen LogP contribution >= 0.6 is 11.6 Å². The molecule has 3 rings (SSSR count). The van der Waals surface area contributed by atoms with Crippen molar-refractivity contribution in [2.45, 2.75) is 0 Å². The number of hydrogen-bond donors (Lipinski definition) is 1. The quantitative estimate of drug-likeness (QED) is 0.712. The highest BCUT2D eigenvalue weighted by molar-refractivity contribution is 6.30. The number of benzene rings is 2. The first kappa shape index (κ1) is 13.3. The molecule has 1 heterocycles. The maximum absolute atomic E-state index is 13.2. The second kappa shape index (κ2) is 5.39. The van der Waals surface area contributed by atoms with Crippen LogP contribution in [-0.4, -0.2) is 9.97 Å². The van der Waals surface area contributed by atoms with Crippen LogP contribution in [0.3, 0.4) is 0 Å². The summed E-state index contributed by atoms with van der Waals surface area (Å²) in [6.07, 6.45) is 1.68. The Bertz CT molecular complexity index is 890. The lowest BCUT2D eigenvalue weighted by Gasteiger charge is -1.96. The molecule has 0 saturated heterocycles. The molecule has 0 fully saturated rings. The zero-order chi connectivity index (χ0) is 14.8. The Hall–Kier alpha value is -2.64. The number of rotatable bonds is 2. The van der Waals surface area contributed by atoms with Crippen molar-refractivity contribution in [1.29, 1.82) is 5.26 Å². The Kier molecular flexibility index (Phi) is 3.43. The highest BCUT2D eigenvalue weighted by atomic mass is 35.5. The SMILES string of the molecule is N#C/C(=C/c1cccc(Cl)c1)c1nc2ccc(F)cc2[nH]1. The Balaban J connectivity index is 2.08. The van der Waals surface area contributed by atoms with Crippen LogP contribution in [-0.2, 0) is 0 Å². The molecule has 0 aliphatic heterocycles. The van der Waals surface area contributed by atoms with Gasteiger partial charge in [0.25, 0.3) is 0 Å². The van der Waals surface area contributed by atoms with Crippen LogP contribution in [0.2, 0.25) is 5.02 Å². The largest absolute Gasteiger partial charge is 0.337 e. The number of H-pyrrole nitrogens is 1. The Morgan fingerprint density at radius 1 is 1.29 bits per heavy atom. The number of nitriles is 1. The van der Waals surface area contributed by atoms with Crippen molar-refractivity contribution in [2.75, 3.05) is 0 Å². The van der Waals surface area contributed by atoms with Gasteiger partial charge in [-0.15, -0.1) is 0 Å². The van der Waals surface area contributed by atoms with E-state index in [0.717, 1.165) is 5.56 Å². The van der Waals surface area contributed by atoms with Crippen molar-refractivity contribution in [1.82, 2.24) is 9.97 Å². The summed E-state index contributed by atoms with van der Waals surface area (Å²) in [4.78, 5) is 7.24. The molecule has 102 valence electrons. The van der Waals surface area contributed by atoms with E-state index in [-0.39, 0.29) is 5.82 Å². The number of aromatic amines is 1. The summed E-state index contributed by atoms with van der Waals surface area (Å²) >= 11 is 5.92. The Morgan fingerprint density at radius 2 is 2.14 bits per heavy atom. The topological polar surface area (TPSA) is 52.5 Å². The highest BCUT2D eigenvalue weighted by Gasteiger charge is 2.08.